The predicted molar refractivity (Wildman–Crippen MR) is 126 cm³/mol. The van der Waals surface area contributed by atoms with E-state index in [0.717, 1.165) is 10.4 Å². The molecule has 1 N–H and O–H groups in total. The molecular formula is C26H33FO4Si. The fraction of sp³-hybridized carbons (Fsp3) is 0.462. The lowest BCUT2D eigenvalue weighted by molar-refractivity contribution is -0.177. The van der Waals surface area contributed by atoms with Crippen LogP contribution in [0.4, 0.5) is 4.39 Å². The summed E-state index contributed by atoms with van der Waals surface area (Å²) in [6.45, 7) is 11.8. The smallest absolute Gasteiger partial charge is 0.261 e. The van der Waals surface area contributed by atoms with Gasteiger partial charge in [0.25, 0.3) is 8.32 Å². The molecule has 1 saturated heterocycles. The maximum atomic E-state index is 15.3. The van der Waals surface area contributed by atoms with Crippen LogP contribution in [0, 0.1) is 0 Å². The third-order valence-corrected chi connectivity index (χ3v) is 11.6. The van der Waals surface area contributed by atoms with Gasteiger partial charge in [0.05, 0.1) is 6.61 Å². The highest BCUT2D eigenvalue weighted by Gasteiger charge is 2.62. The van der Waals surface area contributed by atoms with E-state index in [1.807, 2.05) is 36.4 Å². The molecule has 0 bridgehead atoms. The molecule has 1 aliphatic carbocycles. The van der Waals surface area contributed by atoms with Crippen molar-refractivity contribution >= 4 is 18.7 Å². The van der Waals surface area contributed by atoms with Crippen molar-refractivity contribution < 1.29 is 23.4 Å². The van der Waals surface area contributed by atoms with Crippen LogP contribution in [0.1, 0.15) is 41.5 Å². The van der Waals surface area contributed by atoms with Crippen molar-refractivity contribution in [2.75, 3.05) is 6.61 Å². The summed E-state index contributed by atoms with van der Waals surface area (Å²) in [5, 5.41) is 12.7. The molecule has 0 aromatic heterocycles. The quantitative estimate of drug-likeness (QED) is 0.689. The fourth-order valence-corrected chi connectivity index (χ4v) is 9.80. The SMILES string of the molecule is CC1(C)O[C@@H]2C(CO[Si](c3ccccc3)(c3ccccc3)C(C)(C)C)=C(F)[C@H](O)[C@]2(C)O1. The Bertz CT molecular complexity index is 960. The minimum atomic E-state index is -2.85. The van der Waals surface area contributed by atoms with E-state index < -0.39 is 37.7 Å². The van der Waals surface area contributed by atoms with Crippen LogP contribution in [0.15, 0.2) is 72.1 Å². The van der Waals surface area contributed by atoms with Crippen LogP contribution in [0.5, 0.6) is 0 Å². The zero-order valence-corrected chi connectivity index (χ0v) is 20.7. The number of benzene rings is 2. The number of aliphatic hydroxyl groups is 1. The molecule has 0 saturated carbocycles. The van der Waals surface area contributed by atoms with Crippen LogP contribution in [-0.4, -0.2) is 43.6 Å². The molecule has 0 unspecified atom stereocenters. The Labute approximate surface area is 191 Å². The van der Waals surface area contributed by atoms with Gasteiger partial charge in [-0.15, -0.1) is 0 Å². The molecule has 4 nitrogen and oxygen atoms in total. The molecule has 2 aromatic rings. The lowest BCUT2D eigenvalue weighted by Gasteiger charge is -2.43. The van der Waals surface area contributed by atoms with E-state index in [1.165, 1.54) is 0 Å². The Morgan fingerprint density at radius 3 is 1.94 bits per heavy atom. The number of hydrogen-bond donors (Lipinski definition) is 1. The van der Waals surface area contributed by atoms with Gasteiger partial charge in [0, 0.05) is 5.57 Å². The largest absolute Gasteiger partial charge is 0.403 e. The highest BCUT2D eigenvalue weighted by molar-refractivity contribution is 6.99. The van der Waals surface area contributed by atoms with E-state index >= 15 is 4.39 Å². The minimum Gasteiger partial charge on any atom is -0.403 e. The van der Waals surface area contributed by atoms with Crippen molar-refractivity contribution in [3.63, 3.8) is 0 Å². The van der Waals surface area contributed by atoms with Crippen molar-refractivity contribution in [3.05, 3.63) is 72.1 Å². The monoisotopic (exact) mass is 456 g/mol. The molecule has 3 atom stereocenters. The fourth-order valence-electron chi connectivity index (χ4n) is 5.27. The Morgan fingerprint density at radius 2 is 1.47 bits per heavy atom. The first-order chi connectivity index (χ1) is 14.9. The molecule has 6 heteroatoms. The van der Waals surface area contributed by atoms with Gasteiger partial charge in [-0.3, -0.25) is 0 Å². The van der Waals surface area contributed by atoms with Gasteiger partial charge in [0.15, 0.2) is 5.79 Å². The summed E-state index contributed by atoms with van der Waals surface area (Å²) in [7, 11) is -2.85. The molecule has 2 aliphatic rings. The van der Waals surface area contributed by atoms with Crippen molar-refractivity contribution in [2.24, 2.45) is 0 Å². The first-order valence-electron chi connectivity index (χ1n) is 11.1. The molecule has 2 aromatic carbocycles. The maximum absolute atomic E-state index is 15.3. The van der Waals surface area contributed by atoms with Crippen molar-refractivity contribution in [2.45, 2.75) is 70.2 Å². The highest BCUT2D eigenvalue weighted by atomic mass is 28.4. The summed E-state index contributed by atoms with van der Waals surface area (Å²) in [6.07, 6.45) is -2.09. The summed E-state index contributed by atoms with van der Waals surface area (Å²) >= 11 is 0. The first-order valence-corrected chi connectivity index (χ1v) is 13.0. The molecule has 0 radical (unpaired) electrons. The van der Waals surface area contributed by atoms with E-state index in [9.17, 15) is 5.11 Å². The summed E-state index contributed by atoms with van der Waals surface area (Å²) in [5.74, 6) is -1.52. The Morgan fingerprint density at radius 1 is 0.969 bits per heavy atom. The summed E-state index contributed by atoms with van der Waals surface area (Å²) < 4.78 is 34.2. The summed E-state index contributed by atoms with van der Waals surface area (Å²) in [5.41, 5.74) is -0.837. The van der Waals surface area contributed by atoms with Crippen LogP contribution < -0.4 is 10.4 Å². The Balaban J connectivity index is 1.78. The molecule has 172 valence electrons. The van der Waals surface area contributed by atoms with E-state index in [2.05, 4.69) is 45.0 Å². The zero-order chi connectivity index (χ0) is 23.4. The predicted octanol–water partition coefficient (Wildman–Crippen LogP) is 4.07. The minimum absolute atomic E-state index is 0.0237. The van der Waals surface area contributed by atoms with Gasteiger partial charge in [-0.2, -0.15) is 0 Å². The number of aliphatic hydroxyl groups excluding tert-OH is 1. The third-order valence-electron chi connectivity index (χ3n) is 6.66. The topological polar surface area (TPSA) is 47.9 Å². The number of halogens is 1. The van der Waals surface area contributed by atoms with E-state index in [-0.39, 0.29) is 11.6 Å². The van der Waals surface area contributed by atoms with Gasteiger partial charge in [-0.1, -0.05) is 81.4 Å². The van der Waals surface area contributed by atoms with Crippen molar-refractivity contribution in [1.29, 1.82) is 0 Å². The van der Waals surface area contributed by atoms with Crippen LogP contribution in [0.3, 0.4) is 0 Å². The number of ether oxygens (including phenoxy) is 2. The first kappa shape index (κ1) is 23.3. The standard InChI is InChI=1S/C26H33FO4Si/c1-24(2,3)32(18-13-9-7-10-14-18,19-15-11-8-12-16-19)29-17-20-21(27)22(28)26(6)23(20)30-25(4,5)31-26/h7-16,22-23,28H,17H2,1-6H3/t22-,23+,26-/m0/s1. The number of hydrogen-bond acceptors (Lipinski definition) is 4. The molecular weight excluding hydrogens is 423 g/mol. The highest BCUT2D eigenvalue weighted by Crippen LogP contribution is 2.50. The molecule has 1 fully saturated rings. The molecule has 0 spiro atoms. The van der Waals surface area contributed by atoms with Crippen molar-refractivity contribution in [1.82, 2.24) is 0 Å². The molecule has 0 amide bonds. The lowest BCUT2D eigenvalue weighted by Crippen LogP contribution is -2.66. The van der Waals surface area contributed by atoms with Crippen LogP contribution in [-0.2, 0) is 13.9 Å². The van der Waals surface area contributed by atoms with Gasteiger partial charge < -0.3 is 19.0 Å². The molecule has 1 aliphatic heterocycles. The van der Waals surface area contributed by atoms with Gasteiger partial charge in [-0.25, -0.2) is 4.39 Å². The van der Waals surface area contributed by atoms with Crippen molar-refractivity contribution in [3.8, 4) is 0 Å². The van der Waals surface area contributed by atoms with Crippen LogP contribution in [0.25, 0.3) is 0 Å². The van der Waals surface area contributed by atoms with E-state index in [1.54, 1.807) is 20.8 Å². The maximum Gasteiger partial charge on any atom is 0.261 e. The van der Waals surface area contributed by atoms with Gasteiger partial charge in [0.2, 0.25) is 0 Å². The van der Waals surface area contributed by atoms with Gasteiger partial charge in [-0.05, 0) is 36.2 Å². The second kappa shape index (κ2) is 7.89. The summed E-state index contributed by atoms with van der Waals surface area (Å²) in [6, 6.07) is 20.4. The molecule has 4 rings (SSSR count). The Hall–Kier alpha value is -1.83. The van der Waals surface area contributed by atoms with E-state index in [0.29, 0.717) is 5.57 Å². The average molecular weight is 457 g/mol. The van der Waals surface area contributed by atoms with Crippen LogP contribution >= 0.6 is 0 Å². The molecule has 1 heterocycles. The normalized spacial score (nSPS) is 27.6. The molecule has 32 heavy (non-hydrogen) atoms. The second-order valence-corrected chi connectivity index (χ2v) is 14.7. The Kier molecular flexibility index (Phi) is 5.75. The van der Waals surface area contributed by atoms with Crippen LogP contribution in [0.2, 0.25) is 5.04 Å². The average Bonchev–Trinajstić information content (AvgIpc) is 3.08. The lowest BCUT2D eigenvalue weighted by atomic mass is 9.97. The van der Waals surface area contributed by atoms with E-state index in [4.69, 9.17) is 13.9 Å². The number of fused-ring (bicyclic) bond motifs is 1. The zero-order valence-electron chi connectivity index (χ0n) is 19.7. The number of rotatable bonds is 5. The second-order valence-electron chi connectivity index (χ2n) is 10.4. The van der Waals surface area contributed by atoms with Gasteiger partial charge >= 0.3 is 0 Å². The van der Waals surface area contributed by atoms with Gasteiger partial charge in [0.1, 0.15) is 23.6 Å². The third kappa shape index (κ3) is 3.58. The summed E-state index contributed by atoms with van der Waals surface area (Å²) in [4.78, 5) is 0.